The maximum atomic E-state index is 4.61. The van der Waals surface area contributed by atoms with E-state index in [1.165, 1.54) is 24.1 Å². The second kappa shape index (κ2) is 6.02. The summed E-state index contributed by atoms with van der Waals surface area (Å²) in [5.74, 6) is 0. The van der Waals surface area contributed by atoms with Gasteiger partial charge in [-0.05, 0) is 66.0 Å². The lowest BCUT2D eigenvalue weighted by Crippen LogP contribution is -2.28. The van der Waals surface area contributed by atoms with Gasteiger partial charge in [-0.2, -0.15) is 0 Å². The fourth-order valence-corrected chi connectivity index (χ4v) is 3.30. The molecule has 1 aliphatic rings. The molecule has 104 valence electrons. The summed E-state index contributed by atoms with van der Waals surface area (Å²) in [4.78, 5) is 11.5. The van der Waals surface area contributed by atoms with E-state index < -0.39 is 0 Å². The van der Waals surface area contributed by atoms with Crippen molar-refractivity contribution in [3.8, 4) is 0 Å². The van der Waals surface area contributed by atoms with E-state index in [0.29, 0.717) is 6.04 Å². The summed E-state index contributed by atoms with van der Waals surface area (Å²) in [5, 5.41) is 0. The van der Waals surface area contributed by atoms with E-state index in [1.54, 1.807) is 0 Å². The maximum absolute atomic E-state index is 4.61. The Kier molecular flexibility index (Phi) is 4.13. The number of aryl methyl sites for hydroxylation is 1. The van der Waals surface area contributed by atoms with Crippen LogP contribution in [-0.4, -0.2) is 21.9 Å². The predicted octanol–water partition coefficient (Wildman–Crippen LogP) is 3.75. The number of aromatic nitrogens is 2. The number of pyridine rings is 2. The van der Waals surface area contributed by atoms with E-state index in [9.17, 15) is 0 Å². The molecule has 0 aromatic carbocycles. The molecular weight excluding hydrogens is 314 g/mol. The molecule has 2 aromatic rings. The van der Waals surface area contributed by atoms with Crippen molar-refractivity contribution in [3.63, 3.8) is 0 Å². The Morgan fingerprint density at radius 1 is 1.30 bits per heavy atom. The lowest BCUT2D eigenvalue weighted by Gasteiger charge is -2.32. The maximum Gasteiger partial charge on any atom is 0.106 e. The minimum absolute atomic E-state index is 0.403. The summed E-state index contributed by atoms with van der Waals surface area (Å²) < 4.78 is 0.894. The molecule has 0 fully saturated rings. The van der Waals surface area contributed by atoms with Crippen LogP contribution in [0.2, 0.25) is 0 Å². The van der Waals surface area contributed by atoms with E-state index in [-0.39, 0.29) is 0 Å². The van der Waals surface area contributed by atoms with Gasteiger partial charge in [-0.3, -0.25) is 9.88 Å². The van der Waals surface area contributed by atoms with Crippen molar-refractivity contribution in [1.82, 2.24) is 14.9 Å². The average Bonchev–Trinajstić information content (AvgIpc) is 2.46. The Bertz CT molecular complexity index is 600. The van der Waals surface area contributed by atoms with Crippen LogP contribution in [0.1, 0.15) is 35.8 Å². The second-order valence-corrected chi connectivity index (χ2v) is 6.14. The van der Waals surface area contributed by atoms with Crippen molar-refractivity contribution >= 4 is 15.9 Å². The minimum Gasteiger partial charge on any atom is -0.292 e. The second-order valence-electron chi connectivity index (χ2n) is 5.32. The van der Waals surface area contributed by atoms with Gasteiger partial charge in [0.15, 0.2) is 0 Å². The first-order chi connectivity index (χ1) is 9.74. The highest BCUT2D eigenvalue weighted by Gasteiger charge is 2.24. The molecule has 1 unspecified atom stereocenters. The number of halogens is 1. The molecular formula is C16H18BrN3. The normalized spacial score (nSPS) is 18.1. The molecule has 3 nitrogen and oxygen atoms in total. The lowest BCUT2D eigenvalue weighted by atomic mass is 9.91. The molecule has 2 heterocycles. The molecule has 0 saturated heterocycles. The molecule has 0 amide bonds. The van der Waals surface area contributed by atoms with Gasteiger partial charge in [0.2, 0.25) is 0 Å². The third-order valence-electron chi connectivity index (χ3n) is 3.88. The van der Waals surface area contributed by atoms with Crippen LogP contribution in [0.25, 0.3) is 0 Å². The highest BCUT2D eigenvalue weighted by atomic mass is 79.9. The van der Waals surface area contributed by atoms with E-state index in [2.05, 4.69) is 50.0 Å². The first-order valence-corrected chi connectivity index (χ1v) is 7.79. The Morgan fingerprint density at radius 2 is 2.20 bits per heavy atom. The van der Waals surface area contributed by atoms with Crippen LogP contribution >= 0.6 is 15.9 Å². The molecule has 1 aliphatic carbocycles. The molecule has 0 aliphatic heterocycles. The highest BCUT2D eigenvalue weighted by Crippen LogP contribution is 2.32. The summed E-state index contributed by atoms with van der Waals surface area (Å²) in [6.45, 7) is 0.847. The zero-order chi connectivity index (χ0) is 13.9. The zero-order valence-electron chi connectivity index (χ0n) is 11.6. The summed E-state index contributed by atoms with van der Waals surface area (Å²) in [7, 11) is 2.16. The SMILES string of the molecule is CN(Cc1cccc(Br)n1)C1CCCc2cccnc21. The fraction of sp³-hybridized carbons (Fsp3) is 0.375. The van der Waals surface area contributed by atoms with Gasteiger partial charge < -0.3 is 0 Å². The van der Waals surface area contributed by atoms with Crippen LogP contribution in [0.4, 0.5) is 0 Å². The average molecular weight is 332 g/mol. The number of hydrogen-bond acceptors (Lipinski definition) is 3. The Labute approximate surface area is 128 Å². The minimum atomic E-state index is 0.403. The van der Waals surface area contributed by atoms with Gasteiger partial charge in [-0.15, -0.1) is 0 Å². The summed E-state index contributed by atoms with van der Waals surface area (Å²) in [6, 6.07) is 10.7. The number of rotatable bonds is 3. The van der Waals surface area contributed by atoms with Gasteiger partial charge >= 0.3 is 0 Å². The Hall–Kier alpha value is -1.26. The lowest BCUT2D eigenvalue weighted by molar-refractivity contribution is 0.206. The Morgan fingerprint density at radius 3 is 3.05 bits per heavy atom. The monoisotopic (exact) mass is 331 g/mol. The molecule has 0 bridgehead atoms. The number of fused-ring (bicyclic) bond motifs is 1. The first-order valence-electron chi connectivity index (χ1n) is 6.99. The van der Waals surface area contributed by atoms with Crippen LogP contribution in [-0.2, 0) is 13.0 Å². The molecule has 0 N–H and O–H groups in total. The smallest absolute Gasteiger partial charge is 0.106 e. The van der Waals surface area contributed by atoms with Crippen molar-refractivity contribution in [3.05, 3.63) is 58.1 Å². The van der Waals surface area contributed by atoms with Crippen LogP contribution in [0.15, 0.2) is 41.1 Å². The van der Waals surface area contributed by atoms with Gasteiger partial charge in [-0.25, -0.2) is 4.98 Å². The van der Waals surface area contributed by atoms with Crippen molar-refractivity contribution in [2.24, 2.45) is 0 Å². The van der Waals surface area contributed by atoms with E-state index in [0.717, 1.165) is 23.3 Å². The molecule has 1 atom stereocenters. The van der Waals surface area contributed by atoms with Gasteiger partial charge in [0.25, 0.3) is 0 Å². The van der Waals surface area contributed by atoms with E-state index in [1.807, 2.05) is 24.4 Å². The van der Waals surface area contributed by atoms with Gasteiger partial charge in [0.1, 0.15) is 4.60 Å². The molecule has 4 heteroatoms. The fourth-order valence-electron chi connectivity index (χ4n) is 2.92. The van der Waals surface area contributed by atoms with Crippen molar-refractivity contribution < 1.29 is 0 Å². The van der Waals surface area contributed by atoms with Crippen molar-refractivity contribution in [2.75, 3.05) is 7.05 Å². The summed E-state index contributed by atoms with van der Waals surface area (Å²) >= 11 is 3.43. The van der Waals surface area contributed by atoms with E-state index >= 15 is 0 Å². The standard InChI is InChI=1S/C16H18BrN3/c1-20(11-13-7-3-9-15(17)19-13)14-8-2-5-12-6-4-10-18-16(12)14/h3-4,6-7,9-10,14H,2,5,8,11H2,1H3. The number of hydrogen-bond donors (Lipinski definition) is 0. The zero-order valence-corrected chi connectivity index (χ0v) is 13.2. The summed E-state index contributed by atoms with van der Waals surface area (Å²) in [5.41, 5.74) is 3.74. The van der Waals surface area contributed by atoms with Gasteiger partial charge in [-0.1, -0.05) is 12.1 Å². The van der Waals surface area contributed by atoms with E-state index in [4.69, 9.17) is 0 Å². The van der Waals surface area contributed by atoms with Crippen LogP contribution in [0.5, 0.6) is 0 Å². The highest BCUT2D eigenvalue weighted by molar-refractivity contribution is 9.10. The third kappa shape index (κ3) is 2.91. The molecule has 0 radical (unpaired) electrons. The van der Waals surface area contributed by atoms with Gasteiger partial charge in [0, 0.05) is 12.7 Å². The number of nitrogens with zero attached hydrogens (tertiary/aromatic N) is 3. The molecule has 3 rings (SSSR count). The molecule has 20 heavy (non-hydrogen) atoms. The predicted molar refractivity (Wildman–Crippen MR) is 83.3 cm³/mol. The summed E-state index contributed by atoms with van der Waals surface area (Å²) in [6.07, 6.45) is 5.47. The van der Waals surface area contributed by atoms with Crippen molar-refractivity contribution in [1.29, 1.82) is 0 Å². The van der Waals surface area contributed by atoms with Gasteiger partial charge in [0.05, 0.1) is 17.4 Å². The molecule has 0 spiro atoms. The van der Waals surface area contributed by atoms with Crippen LogP contribution in [0, 0.1) is 0 Å². The molecule has 2 aromatic heterocycles. The third-order valence-corrected chi connectivity index (χ3v) is 4.32. The first kappa shape index (κ1) is 13.7. The quantitative estimate of drug-likeness (QED) is 0.802. The molecule has 0 saturated carbocycles. The van der Waals surface area contributed by atoms with Crippen LogP contribution < -0.4 is 0 Å². The van der Waals surface area contributed by atoms with Crippen LogP contribution in [0.3, 0.4) is 0 Å². The Balaban J connectivity index is 1.80. The van der Waals surface area contributed by atoms with Crippen molar-refractivity contribution in [2.45, 2.75) is 31.8 Å². The topological polar surface area (TPSA) is 29.0 Å². The largest absolute Gasteiger partial charge is 0.292 e.